The first-order valence-electron chi connectivity index (χ1n) is 11.0. The molecule has 0 amide bonds. The highest BCUT2D eigenvalue weighted by Crippen LogP contribution is 2.31. The zero-order valence-electron chi connectivity index (χ0n) is 18.8. The van der Waals surface area contributed by atoms with Gasteiger partial charge in [-0.05, 0) is 34.7 Å². The van der Waals surface area contributed by atoms with E-state index in [0.717, 1.165) is 34.2 Å². The number of benzene rings is 2. The maximum atomic E-state index is 13.3. The first-order valence-corrected chi connectivity index (χ1v) is 11.0. The lowest BCUT2D eigenvalue weighted by Crippen LogP contribution is -2.17. The molecular formula is C24H24F3N7. The molecule has 7 nitrogen and oxygen atoms in total. The first-order chi connectivity index (χ1) is 16.4. The van der Waals surface area contributed by atoms with Crippen LogP contribution >= 0.6 is 0 Å². The SMILES string of the molecule is CCCc1c(CC)nc(C(F)(F)F)nc1NCc1ccc(-c2ccccc2-c2nn[nH]n2)cc1. The number of nitrogens with one attached hydrogen (secondary N) is 2. The molecule has 0 spiro atoms. The zero-order chi connectivity index (χ0) is 24.1. The quantitative estimate of drug-likeness (QED) is 0.357. The van der Waals surface area contributed by atoms with Crippen LogP contribution in [0.1, 0.15) is 42.9 Å². The van der Waals surface area contributed by atoms with Gasteiger partial charge >= 0.3 is 6.18 Å². The van der Waals surface area contributed by atoms with Gasteiger partial charge in [-0.15, -0.1) is 10.2 Å². The van der Waals surface area contributed by atoms with Crippen LogP contribution in [0.25, 0.3) is 22.5 Å². The topological polar surface area (TPSA) is 92.3 Å². The fourth-order valence-electron chi connectivity index (χ4n) is 3.80. The number of alkyl halides is 3. The normalized spacial score (nSPS) is 11.6. The lowest BCUT2D eigenvalue weighted by atomic mass is 9.98. The van der Waals surface area contributed by atoms with Gasteiger partial charge < -0.3 is 5.32 Å². The van der Waals surface area contributed by atoms with Crippen molar-refractivity contribution in [2.24, 2.45) is 0 Å². The third-order valence-electron chi connectivity index (χ3n) is 5.42. The van der Waals surface area contributed by atoms with Gasteiger partial charge in [0, 0.05) is 23.4 Å². The number of hydrogen-bond donors (Lipinski definition) is 2. The Morgan fingerprint density at radius 1 is 0.941 bits per heavy atom. The van der Waals surface area contributed by atoms with Crippen molar-refractivity contribution in [3.05, 3.63) is 71.2 Å². The number of rotatable bonds is 8. The van der Waals surface area contributed by atoms with E-state index in [1.54, 1.807) is 6.92 Å². The number of halogens is 3. The Morgan fingerprint density at radius 3 is 2.29 bits per heavy atom. The van der Waals surface area contributed by atoms with E-state index >= 15 is 0 Å². The van der Waals surface area contributed by atoms with Crippen LogP contribution in [-0.2, 0) is 25.6 Å². The van der Waals surface area contributed by atoms with Crippen LogP contribution in [0, 0.1) is 0 Å². The van der Waals surface area contributed by atoms with Crippen LogP contribution < -0.4 is 5.32 Å². The number of aryl methyl sites for hydroxylation is 1. The van der Waals surface area contributed by atoms with Gasteiger partial charge in [0.1, 0.15) is 5.82 Å². The van der Waals surface area contributed by atoms with Gasteiger partial charge in [-0.1, -0.05) is 68.8 Å². The molecule has 176 valence electrons. The van der Waals surface area contributed by atoms with Crippen LogP contribution in [0.3, 0.4) is 0 Å². The van der Waals surface area contributed by atoms with E-state index in [1.165, 1.54) is 0 Å². The summed E-state index contributed by atoms with van der Waals surface area (Å²) in [5.41, 5.74) is 4.84. The van der Waals surface area contributed by atoms with Gasteiger partial charge in [0.2, 0.25) is 11.6 Å². The lowest BCUT2D eigenvalue weighted by Gasteiger charge is -2.17. The largest absolute Gasteiger partial charge is 0.451 e. The molecule has 0 fully saturated rings. The van der Waals surface area contributed by atoms with Crippen LogP contribution in [0.4, 0.5) is 19.0 Å². The molecule has 2 N–H and O–H groups in total. The molecule has 0 aliphatic heterocycles. The van der Waals surface area contributed by atoms with E-state index in [9.17, 15) is 13.2 Å². The molecule has 0 aliphatic rings. The van der Waals surface area contributed by atoms with Gasteiger partial charge in [0.05, 0.1) is 0 Å². The monoisotopic (exact) mass is 467 g/mol. The highest BCUT2D eigenvalue weighted by Gasteiger charge is 2.36. The second-order valence-corrected chi connectivity index (χ2v) is 7.75. The molecule has 4 aromatic rings. The number of aromatic nitrogens is 6. The molecule has 4 rings (SSSR count). The molecule has 0 radical (unpaired) electrons. The summed E-state index contributed by atoms with van der Waals surface area (Å²) in [7, 11) is 0. The predicted octanol–water partition coefficient (Wildman–Crippen LogP) is 5.47. The molecular weight excluding hydrogens is 443 g/mol. The number of tetrazole rings is 1. The smallest absolute Gasteiger partial charge is 0.366 e. The van der Waals surface area contributed by atoms with Crippen molar-refractivity contribution in [1.82, 2.24) is 30.6 Å². The summed E-state index contributed by atoms with van der Waals surface area (Å²) in [4.78, 5) is 7.60. The summed E-state index contributed by atoms with van der Waals surface area (Å²) in [5.74, 6) is -0.367. The van der Waals surface area contributed by atoms with E-state index < -0.39 is 12.0 Å². The van der Waals surface area contributed by atoms with Crippen molar-refractivity contribution < 1.29 is 13.2 Å². The molecule has 34 heavy (non-hydrogen) atoms. The molecule has 2 heterocycles. The Morgan fingerprint density at radius 2 is 1.68 bits per heavy atom. The Balaban J connectivity index is 1.58. The Bertz CT molecular complexity index is 1240. The fourth-order valence-corrected chi connectivity index (χ4v) is 3.80. The molecule has 0 atom stereocenters. The maximum Gasteiger partial charge on any atom is 0.451 e. The minimum absolute atomic E-state index is 0.243. The average Bonchev–Trinajstić information content (AvgIpc) is 3.38. The van der Waals surface area contributed by atoms with E-state index in [2.05, 4.69) is 35.9 Å². The summed E-state index contributed by atoms with van der Waals surface area (Å²) < 4.78 is 40.0. The van der Waals surface area contributed by atoms with Gasteiger partial charge in [-0.2, -0.15) is 18.4 Å². The van der Waals surface area contributed by atoms with Crippen molar-refractivity contribution in [2.75, 3.05) is 5.32 Å². The Labute approximate surface area is 194 Å². The minimum Gasteiger partial charge on any atom is -0.366 e. The number of H-pyrrole nitrogens is 1. The molecule has 2 aromatic heterocycles. The Hall–Kier alpha value is -3.82. The molecule has 0 aliphatic carbocycles. The maximum absolute atomic E-state index is 13.3. The van der Waals surface area contributed by atoms with Crippen molar-refractivity contribution in [2.45, 2.75) is 45.8 Å². The predicted molar refractivity (Wildman–Crippen MR) is 123 cm³/mol. The van der Waals surface area contributed by atoms with Gasteiger partial charge in [0.15, 0.2) is 0 Å². The summed E-state index contributed by atoms with van der Waals surface area (Å²) in [6, 6.07) is 15.5. The van der Waals surface area contributed by atoms with E-state index in [0.29, 0.717) is 30.9 Å². The number of hydrogen-bond acceptors (Lipinski definition) is 6. The summed E-state index contributed by atoms with van der Waals surface area (Å²) in [5, 5.41) is 17.3. The van der Waals surface area contributed by atoms with E-state index in [1.807, 2.05) is 55.5 Å². The highest BCUT2D eigenvalue weighted by molar-refractivity contribution is 5.80. The number of anilines is 1. The third kappa shape index (κ3) is 5.05. The summed E-state index contributed by atoms with van der Waals surface area (Å²) in [6.45, 7) is 4.11. The molecule has 0 saturated carbocycles. The molecule has 0 saturated heterocycles. The third-order valence-corrected chi connectivity index (χ3v) is 5.42. The minimum atomic E-state index is -4.60. The number of nitrogens with zero attached hydrogens (tertiary/aromatic N) is 5. The first kappa shape index (κ1) is 23.3. The van der Waals surface area contributed by atoms with Crippen LogP contribution in [0.2, 0.25) is 0 Å². The second-order valence-electron chi connectivity index (χ2n) is 7.75. The molecule has 0 unspecified atom stereocenters. The zero-order valence-corrected chi connectivity index (χ0v) is 18.8. The summed E-state index contributed by atoms with van der Waals surface area (Å²) >= 11 is 0. The highest BCUT2D eigenvalue weighted by atomic mass is 19.4. The van der Waals surface area contributed by atoms with Crippen molar-refractivity contribution in [3.63, 3.8) is 0 Å². The van der Waals surface area contributed by atoms with Crippen LogP contribution in [0.5, 0.6) is 0 Å². The lowest BCUT2D eigenvalue weighted by molar-refractivity contribution is -0.145. The average molecular weight is 467 g/mol. The van der Waals surface area contributed by atoms with Gasteiger partial charge in [0.25, 0.3) is 0 Å². The van der Waals surface area contributed by atoms with E-state index in [-0.39, 0.29) is 5.82 Å². The fraction of sp³-hybridized carbons (Fsp3) is 0.292. The van der Waals surface area contributed by atoms with Crippen molar-refractivity contribution in [1.29, 1.82) is 0 Å². The molecule has 0 bridgehead atoms. The second kappa shape index (κ2) is 9.98. The van der Waals surface area contributed by atoms with Crippen LogP contribution in [0.15, 0.2) is 48.5 Å². The van der Waals surface area contributed by atoms with Crippen molar-refractivity contribution >= 4 is 5.82 Å². The standard InChI is InChI=1S/C24H24F3N7/c1-3-7-19-20(4-2)29-23(24(25,26)27)30-21(19)28-14-15-10-12-16(13-11-15)17-8-5-6-9-18(17)22-31-33-34-32-22/h5-6,8-13H,3-4,7,14H2,1-2H3,(H,28,29,30)(H,31,32,33,34). The molecule has 2 aromatic carbocycles. The van der Waals surface area contributed by atoms with E-state index in [4.69, 9.17) is 0 Å². The van der Waals surface area contributed by atoms with Gasteiger partial charge in [-0.3, -0.25) is 0 Å². The van der Waals surface area contributed by atoms with Crippen LogP contribution in [-0.4, -0.2) is 30.6 Å². The molecule has 10 heteroatoms. The summed E-state index contributed by atoms with van der Waals surface area (Å²) in [6.07, 6.45) is -2.80. The Kier molecular flexibility index (Phi) is 6.85. The van der Waals surface area contributed by atoms with Gasteiger partial charge in [-0.25, -0.2) is 9.97 Å². The van der Waals surface area contributed by atoms with Crippen molar-refractivity contribution in [3.8, 4) is 22.5 Å². The number of aromatic amines is 1.